The molecule has 0 radical (unpaired) electrons. The van der Waals surface area contributed by atoms with Gasteiger partial charge in [0.25, 0.3) is 11.5 Å². The van der Waals surface area contributed by atoms with Crippen LogP contribution in [0.15, 0.2) is 30.0 Å². The van der Waals surface area contributed by atoms with E-state index in [2.05, 4.69) is 35.5 Å². The van der Waals surface area contributed by atoms with Crippen molar-refractivity contribution < 1.29 is 4.79 Å². The summed E-state index contributed by atoms with van der Waals surface area (Å²) < 4.78 is 3.19. The molecule has 0 aliphatic rings. The number of aromatic nitrogens is 8. The lowest BCUT2D eigenvalue weighted by molar-refractivity contribution is 0.0935. The van der Waals surface area contributed by atoms with Gasteiger partial charge in [0.15, 0.2) is 0 Å². The number of carbonyl (C=O) groups excluding carboxylic acids is 1. The largest absolute Gasteiger partial charge is 0.342 e. The molecule has 0 saturated heterocycles. The number of H-pyrrole nitrogens is 1. The minimum atomic E-state index is -0.529. The third-order valence-electron chi connectivity index (χ3n) is 3.55. The Balaban J connectivity index is 1.73. The number of aromatic amines is 1. The van der Waals surface area contributed by atoms with Crippen molar-refractivity contribution in [2.24, 2.45) is 0 Å². The number of nitrogens with zero attached hydrogens (tertiary/aromatic N) is 7. The summed E-state index contributed by atoms with van der Waals surface area (Å²) in [4.78, 5) is 39.1. The van der Waals surface area contributed by atoms with Crippen LogP contribution in [-0.2, 0) is 13.1 Å². The van der Waals surface area contributed by atoms with Crippen LogP contribution in [0.5, 0.6) is 0 Å². The lowest BCUT2D eigenvalue weighted by atomic mass is 10.2. The Labute approximate surface area is 142 Å². The molecule has 2 N–H and O–H groups in total. The molecule has 25 heavy (non-hydrogen) atoms. The van der Waals surface area contributed by atoms with Crippen LogP contribution in [0.2, 0.25) is 0 Å². The van der Waals surface area contributed by atoms with E-state index in [1.807, 2.05) is 6.92 Å². The number of aryl methyl sites for hydroxylation is 1. The Bertz CT molecular complexity index is 913. The van der Waals surface area contributed by atoms with E-state index >= 15 is 0 Å². The highest BCUT2D eigenvalue weighted by molar-refractivity contribution is 5.93. The minimum Gasteiger partial charge on any atom is -0.342 e. The molecule has 0 aromatic carbocycles. The maximum absolute atomic E-state index is 12.3. The van der Waals surface area contributed by atoms with Crippen molar-refractivity contribution in [2.45, 2.75) is 33.0 Å². The van der Waals surface area contributed by atoms with E-state index < -0.39 is 17.5 Å². The van der Waals surface area contributed by atoms with Gasteiger partial charge in [-0.3, -0.25) is 9.59 Å². The van der Waals surface area contributed by atoms with Crippen LogP contribution < -0.4 is 10.9 Å². The second-order valence-electron chi connectivity index (χ2n) is 5.29. The fourth-order valence-electron chi connectivity index (χ4n) is 2.33. The molecule has 3 heterocycles. The Kier molecular flexibility index (Phi) is 4.64. The summed E-state index contributed by atoms with van der Waals surface area (Å²) in [6.45, 7) is 4.59. The van der Waals surface area contributed by atoms with Gasteiger partial charge in [-0.1, -0.05) is 0 Å². The number of rotatable bonds is 6. The molecule has 3 aromatic rings. The molecule has 0 aliphatic heterocycles. The average Bonchev–Trinajstić information content (AvgIpc) is 3.25. The van der Waals surface area contributed by atoms with Crippen molar-refractivity contribution in [3.8, 4) is 0 Å². The van der Waals surface area contributed by atoms with E-state index in [1.165, 1.54) is 29.9 Å². The van der Waals surface area contributed by atoms with Gasteiger partial charge in [0.1, 0.15) is 42.7 Å². The molecule has 11 nitrogen and oxygen atoms in total. The third kappa shape index (κ3) is 3.59. The molecule has 0 bridgehead atoms. The highest BCUT2D eigenvalue weighted by Gasteiger charge is 2.18. The first kappa shape index (κ1) is 16.5. The average molecular weight is 343 g/mol. The van der Waals surface area contributed by atoms with Crippen LogP contribution in [0.1, 0.15) is 41.9 Å². The number of nitrogens with one attached hydrogen (secondary N) is 2. The number of amides is 1. The number of hydrogen-bond acceptors (Lipinski definition) is 7. The Morgan fingerprint density at radius 2 is 2.16 bits per heavy atom. The zero-order chi connectivity index (χ0) is 17.8. The fraction of sp³-hybridized carbons (Fsp3) is 0.357. The van der Waals surface area contributed by atoms with E-state index in [4.69, 9.17) is 0 Å². The molecule has 0 saturated carbocycles. The van der Waals surface area contributed by atoms with E-state index in [1.54, 1.807) is 11.6 Å². The monoisotopic (exact) mass is 343 g/mol. The first-order valence-corrected chi connectivity index (χ1v) is 7.67. The summed E-state index contributed by atoms with van der Waals surface area (Å²) in [6.07, 6.45) is 5.56. The van der Waals surface area contributed by atoms with Crippen LogP contribution in [0.3, 0.4) is 0 Å². The molecule has 3 rings (SSSR count). The van der Waals surface area contributed by atoms with Crippen molar-refractivity contribution in [3.63, 3.8) is 0 Å². The van der Waals surface area contributed by atoms with Crippen molar-refractivity contribution >= 4 is 5.91 Å². The zero-order valence-corrected chi connectivity index (χ0v) is 13.7. The van der Waals surface area contributed by atoms with Gasteiger partial charge in [-0.05, 0) is 13.8 Å². The molecule has 0 spiro atoms. The summed E-state index contributed by atoms with van der Waals surface area (Å²) >= 11 is 0. The molecule has 3 aromatic heterocycles. The van der Waals surface area contributed by atoms with E-state index in [9.17, 15) is 9.59 Å². The Hall–Kier alpha value is -3.37. The minimum absolute atomic E-state index is 0.0724. The normalized spacial score (nSPS) is 12.1. The predicted molar refractivity (Wildman–Crippen MR) is 85.6 cm³/mol. The second kappa shape index (κ2) is 7.03. The molecule has 0 fully saturated rings. The van der Waals surface area contributed by atoms with Gasteiger partial charge in [0.2, 0.25) is 0 Å². The summed E-state index contributed by atoms with van der Waals surface area (Å²) in [6, 6.07) is -0.399. The van der Waals surface area contributed by atoms with Gasteiger partial charge < -0.3 is 10.3 Å². The van der Waals surface area contributed by atoms with Gasteiger partial charge in [0, 0.05) is 12.7 Å². The smallest absolute Gasteiger partial charge is 0.263 e. The van der Waals surface area contributed by atoms with Crippen molar-refractivity contribution in [1.82, 2.24) is 44.8 Å². The van der Waals surface area contributed by atoms with E-state index in [-0.39, 0.29) is 12.1 Å². The Morgan fingerprint density at radius 3 is 2.84 bits per heavy atom. The SMILES string of the molecule is CCn1ncnc1C(C)NC(=O)c1cnc(Cn2cncn2)[nH]c1=O. The van der Waals surface area contributed by atoms with Crippen LogP contribution in [0, 0.1) is 0 Å². The van der Waals surface area contributed by atoms with Crippen LogP contribution >= 0.6 is 0 Å². The maximum atomic E-state index is 12.3. The molecule has 0 aliphatic carbocycles. The maximum Gasteiger partial charge on any atom is 0.263 e. The summed E-state index contributed by atoms with van der Waals surface area (Å²) in [5.74, 6) is 0.466. The molecule has 11 heteroatoms. The quantitative estimate of drug-likeness (QED) is 0.616. The number of hydrogen-bond donors (Lipinski definition) is 2. The highest BCUT2D eigenvalue weighted by atomic mass is 16.2. The lowest BCUT2D eigenvalue weighted by Gasteiger charge is -2.13. The van der Waals surface area contributed by atoms with E-state index in [0.717, 1.165) is 0 Å². The molecular formula is C14H17N9O2. The van der Waals surface area contributed by atoms with Gasteiger partial charge >= 0.3 is 0 Å². The summed E-state index contributed by atoms with van der Waals surface area (Å²) in [5.41, 5.74) is -0.594. The lowest BCUT2D eigenvalue weighted by Crippen LogP contribution is -2.33. The molecule has 130 valence electrons. The molecule has 1 amide bonds. The third-order valence-corrected chi connectivity index (χ3v) is 3.55. The first-order chi connectivity index (χ1) is 12.1. The van der Waals surface area contributed by atoms with Crippen LogP contribution in [-0.4, -0.2) is 45.4 Å². The molecule has 1 atom stereocenters. The second-order valence-corrected chi connectivity index (χ2v) is 5.29. The fourth-order valence-corrected chi connectivity index (χ4v) is 2.33. The molecule has 1 unspecified atom stereocenters. The topological polar surface area (TPSA) is 136 Å². The van der Waals surface area contributed by atoms with Gasteiger partial charge in [-0.15, -0.1) is 0 Å². The zero-order valence-electron chi connectivity index (χ0n) is 13.7. The highest BCUT2D eigenvalue weighted by Crippen LogP contribution is 2.08. The Morgan fingerprint density at radius 1 is 1.32 bits per heavy atom. The van der Waals surface area contributed by atoms with Gasteiger partial charge in [0.05, 0.1) is 6.04 Å². The standard InChI is InChI=1S/C14H17N9O2/c1-3-23-12(17-7-19-23)9(2)20-13(24)10-4-16-11(21-14(10)25)5-22-8-15-6-18-22/h4,6-9H,3,5H2,1-2H3,(H,20,24)(H,16,21,25). The van der Waals surface area contributed by atoms with Crippen molar-refractivity contribution in [3.05, 3.63) is 52.7 Å². The summed E-state index contributed by atoms with van der Waals surface area (Å²) in [7, 11) is 0. The van der Waals surface area contributed by atoms with Crippen molar-refractivity contribution in [1.29, 1.82) is 0 Å². The van der Waals surface area contributed by atoms with Gasteiger partial charge in [-0.25, -0.2) is 24.3 Å². The van der Waals surface area contributed by atoms with E-state index in [0.29, 0.717) is 18.2 Å². The molecular weight excluding hydrogens is 326 g/mol. The first-order valence-electron chi connectivity index (χ1n) is 7.67. The van der Waals surface area contributed by atoms with Crippen molar-refractivity contribution in [2.75, 3.05) is 0 Å². The van der Waals surface area contributed by atoms with Crippen LogP contribution in [0.25, 0.3) is 0 Å². The number of carbonyl (C=O) groups is 1. The summed E-state index contributed by atoms with van der Waals surface area (Å²) in [5, 5.41) is 10.7. The predicted octanol–water partition coefficient (Wildman–Crippen LogP) is -0.488. The van der Waals surface area contributed by atoms with Crippen LogP contribution in [0.4, 0.5) is 0 Å². The van der Waals surface area contributed by atoms with Gasteiger partial charge in [-0.2, -0.15) is 10.2 Å².